The summed E-state index contributed by atoms with van der Waals surface area (Å²) in [6.07, 6.45) is 0. The molecule has 2 amide bonds. The number of anilines is 1. The Morgan fingerprint density at radius 1 is 1.19 bits per heavy atom. The summed E-state index contributed by atoms with van der Waals surface area (Å²) in [7, 11) is 0. The van der Waals surface area contributed by atoms with Crippen molar-refractivity contribution in [2.75, 3.05) is 18.1 Å². The van der Waals surface area contributed by atoms with Gasteiger partial charge in [0.2, 0.25) is 0 Å². The van der Waals surface area contributed by atoms with Crippen LogP contribution in [-0.4, -0.2) is 30.1 Å². The van der Waals surface area contributed by atoms with E-state index in [9.17, 15) is 9.59 Å². The van der Waals surface area contributed by atoms with E-state index in [1.807, 2.05) is 0 Å². The van der Waals surface area contributed by atoms with Crippen LogP contribution in [0.15, 0.2) is 24.3 Å². The van der Waals surface area contributed by atoms with Crippen molar-refractivity contribution in [3.05, 3.63) is 29.8 Å². The molecule has 1 saturated heterocycles. The highest BCUT2D eigenvalue weighted by Gasteiger charge is 2.29. The third-order valence-electron chi connectivity index (χ3n) is 2.35. The van der Waals surface area contributed by atoms with Gasteiger partial charge in [-0.2, -0.15) is 0 Å². The minimum atomic E-state index is -0.405. The van der Waals surface area contributed by atoms with E-state index < -0.39 is 11.8 Å². The molecule has 0 aromatic heterocycles. The van der Waals surface area contributed by atoms with Crippen molar-refractivity contribution in [2.24, 2.45) is 0 Å². The molecule has 1 aromatic rings. The first kappa shape index (κ1) is 10.8. The van der Waals surface area contributed by atoms with Crippen molar-refractivity contribution >= 4 is 17.5 Å². The molecule has 16 heavy (non-hydrogen) atoms. The van der Waals surface area contributed by atoms with Gasteiger partial charge in [0.25, 0.3) is 11.8 Å². The van der Waals surface area contributed by atoms with Crippen molar-refractivity contribution < 1.29 is 19.4 Å². The molecule has 0 radical (unpaired) electrons. The molecule has 0 spiro atoms. The highest BCUT2D eigenvalue weighted by Crippen LogP contribution is 2.22. The van der Waals surface area contributed by atoms with Gasteiger partial charge in [0, 0.05) is 5.56 Å². The molecule has 1 aliphatic rings. The molecule has 2 rings (SSSR count). The average molecular weight is 221 g/mol. The fraction of sp³-hybridized carbons (Fsp3) is 0.273. The molecule has 0 aliphatic carbocycles. The number of rotatable bonds is 2. The summed E-state index contributed by atoms with van der Waals surface area (Å²) in [5.41, 5.74) is 0.981. The maximum Gasteiger partial charge on any atom is 0.259 e. The van der Waals surface area contributed by atoms with Crippen LogP contribution in [0.5, 0.6) is 0 Å². The zero-order chi connectivity index (χ0) is 11.5. The fourth-order valence-electron chi connectivity index (χ4n) is 1.63. The standard InChI is InChI=1S/C11H11NO4/c13-5-8-3-1-2-4-9(8)12-10(14)6-16-7-11(12)15/h1-4,13H,5-7H2. The lowest BCUT2D eigenvalue weighted by atomic mass is 10.1. The first-order valence-corrected chi connectivity index (χ1v) is 4.86. The van der Waals surface area contributed by atoms with Crippen LogP contribution in [0.1, 0.15) is 5.56 Å². The molecule has 0 atom stereocenters. The Labute approximate surface area is 92.2 Å². The zero-order valence-corrected chi connectivity index (χ0v) is 8.55. The summed E-state index contributed by atoms with van der Waals surface area (Å²) in [4.78, 5) is 24.2. The number of benzene rings is 1. The Bertz CT molecular complexity index is 414. The Hall–Kier alpha value is -1.72. The molecule has 0 saturated carbocycles. The van der Waals surface area contributed by atoms with Crippen LogP contribution in [0.3, 0.4) is 0 Å². The topological polar surface area (TPSA) is 66.8 Å². The van der Waals surface area contributed by atoms with Crippen molar-refractivity contribution in [1.29, 1.82) is 0 Å². The number of nitrogens with zero attached hydrogens (tertiary/aromatic N) is 1. The second-order valence-corrected chi connectivity index (χ2v) is 3.40. The third-order valence-corrected chi connectivity index (χ3v) is 2.35. The van der Waals surface area contributed by atoms with Crippen LogP contribution >= 0.6 is 0 Å². The van der Waals surface area contributed by atoms with Gasteiger partial charge in [0.1, 0.15) is 13.2 Å². The van der Waals surface area contributed by atoms with Gasteiger partial charge in [0.15, 0.2) is 0 Å². The lowest BCUT2D eigenvalue weighted by Gasteiger charge is -2.26. The molecule has 84 valence electrons. The van der Waals surface area contributed by atoms with Gasteiger partial charge in [0.05, 0.1) is 12.3 Å². The quantitative estimate of drug-likeness (QED) is 0.717. The van der Waals surface area contributed by atoms with E-state index in [0.29, 0.717) is 11.3 Å². The van der Waals surface area contributed by atoms with Crippen LogP contribution in [0.4, 0.5) is 5.69 Å². The number of aliphatic hydroxyl groups excluding tert-OH is 1. The number of hydrogen-bond acceptors (Lipinski definition) is 4. The number of carbonyl (C=O) groups is 2. The normalized spacial score (nSPS) is 16.7. The molecule has 1 aliphatic heterocycles. The smallest absolute Gasteiger partial charge is 0.259 e. The lowest BCUT2D eigenvalue weighted by Crippen LogP contribution is -2.46. The molecule has 5 heteroatoms. The van der Waals surface area contributed by atoms with Crippen molar-refractivity contribution in [3.8, 4) is 0 Å². The summed E-state index contributed by atoms with van der Waals surface area (Å²) in [5, 5.41) is 9.14. The van der Waals surface area contributed by atoms with E-state index in [0.717, 1.165) is 4.90 Å². The molecule has 1 aromatic carbocycles. The summed E-state index contributed by atoms with van der Waals surface area (Å²) in [6, 6.07) is 6.76. The fourth-order valence-corrected chi connectivity index (χ4v) is 1.63. The first-order chi connectivity index (χ1) is 7.74. The van der Waals surface area contributed by atoms with Crippen LogP contribution < -0.4 is 4.90 Å². The molecule has 1 fully saturated rings. The lowest BCUT2D eigenvalue weighted by molar-refractivity contribution is -0.138. The summed E-state index contributed by atoms with van der Waals surface area (Å²) in [6.45, 7) is -0.425. The van der Waals surface area contributed by atoms with Gasteiger partial charge in [-0.15, -0.1) is 0 Å². The van der Waals surface area contributed by atoms with Gasteiger partial charge in [-0.25, -0.2) is 4.90 Å². The molecule has 1 N–H and O–H groups in total. The van der Waals surface area contributed by atoms with E-state index in [2.05, 4.69) is 0 Å². The van der Waals surface area contributed by atoms with Crippen LogP contribution in [0.2, 0.25) is 0 Å². The van der Waals surface area contributed by atoms with Crippen molar-refractivity contribution in [1.82, 2.24) is 0 Å². The Morgan fingerprint density at radius 3 is 2.44 bits per heavy atom. The zero-order valence-electron chi connectivity index (χ0n) is 8.55. The summed E-state index contributed by atoms with van der Waals surface area (Å²) >= 11 is 0. The van der Waals surface area contributed by atoms with Crippen LogP contribution in [0.25, 0.3) is 0 Å². The van der Waals surface area contributed by atoms with Crippen LogP contribution in [0, 0.1) is 0 Å². The number of carbonyl (C=O) groups excluding carboxylic acids is 2. The minimum Gasteiger partial charge on any atom is -0.392 e. The highest BCUT2D eigenvalue weighted by molar-refractivity contribution is 6.17. The van der Waals surface area contributed by atoms with Gasteiger partial charge in [-0.3, -0.25) is 9.59 Å². The van der Waals surface area contributed by atoms with Gasteiger partial charge in [-0.05, 0) is 6.07 Å². The Morgan fingerprint density at radius 2 is 1.81 bits per heavy atom. The number of ether oxygens (including phenoxy) is 1. The Kier molecular flexibility index (Phi) is 2.98. The number of amides is 2. The number of morpholine rings is 1. The van der Waals surface area contributed by atoms with E-state index in [1.165, 1.54) is 0 Å². The van der Waals surface area contributed by atoms with E-state index in [4.69, 9.17) is 9.84 Å². The summed E-state index contributed by atoms with van der Waals surface area (Å²) in [5.74, 6) is -0.811. The monoisotopic (exact) mass is 221 g/mol. The van der Waals surface area contributed by atoms with E-state index >= 15 is 0 Å². The maximum absolute atomic E-state index is 11.6. The molecule has 0 bridgehead atoms. The maximum atomic E-state index is 11.6. The SMILES string of the molecule is O=C1COCC(=O)N1c1ccccc1CO. The predicted octanol–water partition coefficient (Wildman–Crippen LogP) is 0.0687. The average Bonchev–Trinajstić information content (AvgIpc) is 2.29. The number of aliphatic hydroxyl groups is 1. The van der Waals surface area contributed by atoms with Gasteiger partial charge in [-0.1, -0.05) is 18.2 Å². The first-order valence-electron chi connectivity index (χ1n) is 4.86. The van der Waals surface area contributed by atoms with E-state index in [-0.39, 0.29) is 19.8 Å². The van der Waals surface area contributed by atoms with Gasteiger partial charge < -0.3 is 9.84 Å². The minimum absolute atomic E-state index is 0.106. The van der Waals surface area contributed by atoms with Gasteiger partial charge >= 0.3 is 0 Å². The summed E-state index contributed by atoms with van der Waals surface area (Å²) < 4.78 is 4.82. The van der Waals surface area contributed by atoms with Crippen molar-refractivity contribution in [3.63, 3.8) is 0 Å². The third kappa shape index (κ3) is 1.82. The molecular weight excluding hydrogens is 210 g/mol. The number of para-hydroxylation sites is 1. The second-order valence-electron chi connectivity index (χ2n) is 3.40. The number of imide groups is 1. The highest BCUT2D eigenvalue weighted by atomic mass is 16.5. The van der Waals surface area contributed by atoms with Crippen LogP contribution in [-0.2, 0) is 20.9 Å². The van der Waals surface area contributed by atoms with Crippen molar-refractivity contribution in [2.45, 2.75) is 6.61 Å². The largest absolute Gasteiger partial charge is 0.392 e. The Balaban J connectivity index is 2.41. The molecular formula is C11H11NO4. The predicted molar refractivity (Wildman–Crippen MR) is 55.7 cm³/mol. The molecule has 1 heterocycles. The van der Waals surface area contributed by atoms with E-state index in [1.54, 1.807) is 24.3 Å². The molecule has 0 unspecified atom stereocenters. The second kappa shape index (κ2) is 4.42. The molecule has 5 nitrogen and oxygen atoms in total. The number of hydrogen-bond donors (Lipinski definition) is 1.